The standard InChI is InChI=1S/C24H19N5O4S/c1-16-7-5-6-8-17(16)15-29-20(24-25-11-12-33-24)13-19(28-29)22-26-14-21(23(30)27-22)34(31,32)18-9-3-2-4-10-18/h2-14H,15H2,1H3,(H,26,27,30). The highest BCUT2D eigenvalue weighted by molar-refractivity contribution is 7.91. The lowest BCUT2D eigenvalue weighted by Gasteiger charge is -2.08. The fraction of sp³-hybridized carbons (Fsp3) is 0.0833. The number of aromatic nitrogens is 5. The number of hydrogen-bond acceptors (Lipinski definition) is 7. The molecular formula is C24H19N5O4S. The predicted octanol–water partition coefficient (Wildman–Crippen LogP) is 3.48. The van der Waals surface area contributed by atoms with E-state index in [1.807, 2.05) is 31.2 Å². The van der Waals surface area contributed by atoms with Gasteiger partial charge in [-0.3, -0.25) is 9.48 Å². The second kappa shape index (κ2) is 8.56. The van der Waals surface area contributed by atoms with Crippen LogP contribution in [0.1, 0.15) is 11.1 Å². The van der Waals surface area contributed by atoms with Gasteiger partial charge in [0.05, 0.1) is 23.8 Å². The van der Waals surface area contributed by atoms with E-state index in [1.54, 1.807) is 28.9 Å². The van der Waals surface area contributed by atoms with Gasteiger partial charge in [-0.2, -0.15) is 5.10 Å². The largest absolute Gasteiger partial charge is 0.443 e. The first-order chi connectivity index (χ1) is 16.4. The monoisotopic (exact) mass is 473 g/mol. The van der Waals surface area contributed by atoms with Crippen molar-refractivity contribution in [3.8, 4) is 23.1 Å². The van der Waals surface area contributed by atoms with Crippen molar-refractivity contribution in [2.45, 2.75) is 23.3 Å². The lowest BCUT2D eigenvalue weighted by Crippen LogP contribution is -2.19. The summed E-state index contributed by atoms with van der Waals surface area (Å²) in [5.41, 5.74) is 2.31. The molecule has 34 heavy (non-hydrogen) atoms. The SMILES string of the molecule is Cc1ccccc1Cn1nc(-c2ncc(S(=O)(=O)c3ccccc3)c(=O)[nH]2)cc1-c1ncco1. The van der Waals surface area contributed by atoms with Gasteiger partial charge in [-0.25, -0.2) is 18.4 Å². The summed E-state index contributed by atoms with van der Waals surface area (Å²) in [5, 5.41) is 4.60. The van der Waals surface area contributed by atoms with Crippen LogP contribution >= 0.6 is 0 Å². The normalized spacial score (nSPS) is 11.6. The minimum atomic E-state index is -4.01. The summed E-state index contributed by atoms with van der Waals surface area (Å²) in [4.78, 5) is 23.3. The molecule has 2 aromatic carbocycles. The van der Waals surface area contributed by atoms with Gasteiger partial charge in [-0.05, 0) is 30.2 Å². The van der Waals surface area contributed by atoms with E-state index in [4.69, 9.17) is 4.42 Å². The number of nitrogens with zero attached hydrogens (tertiary/aromatic N) is 4. The Kier molecular flexibility index (Phi) is 5.42. The van der Waals surface area contributed by atoms with E-state index in [1.165, 1.54) is 24.6 Å². The van der Waals surface area contributed by atoms with Crippen LogP contribution in [0.3, 0.4) is 0 Å². The van der Waals surface area contributed by atoms with Crippen LogP contribution in [0.4, 0.5) is 0 Å². The summed E-state index contributed by atoms with van der Waals surface area (Å²) >= 11 is 0. The molecule has 0 aliphatic carbocycles. The predicted molar refractivity (Wildman–Crippen MR) is 124 cm³/mol. The highest BCUT2D eigenvalue weighted by Gasteiger charge is 2.23. The third-order valence-electron chi connectivity index (χ3n) is 5.37. The molecule has 0 aliphatic rings. The third-order valence-corrected chi connectivity index (χ3v) is 7.13. The Morgan fingerprint density at radius 1 is 1.03 bits per heavy atom. The van der Waals surface area contributed by atoms with Gasteiger partial charge in [0, 0.05) is 6.07 Å². The molecule has 10 heteroatoms. The number of oxazole rings is 1. The third kappa shape index (κ3) is 3.95. The average Bonchev–Trinajstić information content (AvgIpc) is 3.51. The van der Waals surface area contributed by atoms with Crippen LogP contribution in [-0.4, -0.2) is 33.2 Å². The lowest BCUT2D eigenvalue weighted by molar-refractivity contribution is 0.560. The van der Waals surface area contributed by atoms with Crippen LogP contribution in [0, 0.1) is 6.92 Å². The van der Waals surface area contributed by atoms with E-state index >= 15 is 0 Å². The fourth-order valence-corrected chi connectivity index (χ4v) is 4.81. The summed E-state index contributed by atoms with van der Waals surface area (Å²) < 4.78 is 32.9. The topological polar surface area (TPSA) is 124 Å². The number of hydrogen-bond donors (Lipinski definition) is 1. The van der Waals surface area contributed by atoms with E-state index in [2.05, 4.69) is 20.1 Å². The number of benzene rings is 2. The van der Waals surface area contributed by atoms with Crippen LogP contribution < -0.4 is 5.56 Å². The summed E-state index contributed by atoms with van der Waals surface area (Å²) in [5.74, 6) is 0.492. The molecule has 0 bridgehead atoms. The molecule has 0 aliphatic heterocycles. The van der Waals surface area contributed by atoms with Gasteiger partial charge < -0.3 is 9.40 Å². The molecule has 1 N–H and O–H groups in total. The highest BCUT2D eigenvalue weighted by Crippen LogP contribution is 2.25. The van der Waals surface area contributed by atoms with E-state index in [9.17, 15) is 13.2 Å². The first-order valence-electron chi connectivity index (χ1n) is 10.4. The summed E-state index contributed by atoms with van der Waals surface area (Å²) in [6.45, 7) is 2.45. The molecule has 3 aromatic heterocycles. The quantitative estimate of drug-likeness (QED) is 0.400. The first-order valence-corrected chi connectivity index (χ1v) is 11.8. The number of aromatic amines is 1. The smallest absolute Gasteiger partial charge is 0.270 e. The maximum absolute atomic E-state index is 12.9. The molecule has 170 valence electrons. The van der Waals surface area contributed by atoms with Crippen molar-refractivity contribution in [1.82, 2.24) is 24.7 Å². The van der Waals surface area contributed by atoms with Crippen molar-refractivity contribution in [1.29, 1.82) is 0 Å². The average molecular weight is 474 g/mol. The molecule has 0 saturated carbocycles. The van der Waals surface area contributed by atoms with Crippen molar-refractivity contribution in [3.05, 3.63) is 101 Å². The molecule has 0 fully saturated rings. The van der Waals surface area contributed by atoms with Crippen LogP contribution in [0.25, 0.3) is 23.1 Å². The summed E-state index contributed by atoms with van der Waals surface area (Å²) in [6.07, 6.45) is 4.05. The molecule has 5 rings (SSSR count). The zero-order valence-electron chi connectivity index (χ0n) is 18.0. The van der Waals surface area contributed by atoms with Crippen LogP contribution in [0.5, 0.6) is 0 Å². The summed E-state index contributed by atoms with van der Waals surface area (Å²) in [6, 6.07) is 17.3. The molecule has 0 unspecified atom stereocenters. The van der Waals surface area contributed by atoms with Gasteiger partial charge in [0.2, 0.25) is 15.7 Å². The van der Waals surface area contributed by atoms with E-state index in [0.717, 1.165) is 17.3 Å². The Morgan fingerprint density at radius 3 is 2.50 bits per heavy atom. The Hall–Kier alpha value is -4.31. The van der Waals surface area contributed by atoms with Gasteiger partial charge >= 0.3 is 0 Å². The minimum Gasteiger partial charge on any atom is -0.443 e. The zero-order chi connectivity index (χ0) is 23.7. The van der Waals surface area contributed by atoms with Gasteiger partial charge in [0.15, 0.2) is 10.7 Å². The molecule has 3 heterocycles. The van der Waals surface area contributed by atoms with E-state index < -0.39 is 20.3 Å². The Bertz CT molecular complexity index is 1620. The molecule has 5 aromatic rings. The summed E-state index contributed by atoms with van der Waals surface area (Å²) in [7, 11) is -4.01. The van der Waals surface area contributed by atoms with Crippen LogP contribution in [0.15, 0.2) is 98.3 Å². The number of nitrogens with one attached hydrogen (secondary N) is 1. The zero-order valence-corrected chi connectivity index (χ0v) is 18.9. The number of aryl methyl sites for hydroxylation is 1. The van der Waals surface area contributed by atoms with Crippen molar-refractivity contribution < 1.29 is 12.8 Å². The Balaban J connectivity index is 1.56. The van der Waals surface area contributed by atoms with Crippen molar-refractivity contribution >= 4 is 9.84 Å². The molecule has 0 saturated heterocycles. The Morgan fingerprint density at radius 2 is 1.79 bits per heavy atom. The Labute approximate surface area is 194 Å². The minimum absolute atomic E-state index is 0.0174. The van der Waals surface area contributed by atoms with Crippen molar-refractivity contribution in [2.75, 3.05) is 0 Å². The van der Waals surface area contributed by atoms with Gasteiger partial charge in [0.1, 0.15) is 17.7 Å². The maximum atomic E-state index is 12.9. The lowest BCUT2D eigenvalue weighted by atomic mass is 10.1. The number of H-pyrrole nitrogens is 1. The van der Waals surface area contributed by atoms with Gasteiger partial charge in [-0.15, -0.1) is 0 Å². The molecule has 9 nitrogen and oxygen atoms in total. The van der Waals surface area contributed by atoms with Crippen LogP contribution in [0.2, 0.25) is 0 Å². The fourth-order valence-electron chi connectivity index (χ4n) is 3.56. The highest BCUT2D eigenvalue weighted by atomic mass is 32.2. The number of sulfone groups is 1. The van der Waals surface area contributed by atoms with Gasteiger partial charge in [0.25, 0.3) is 5.56 Å². The number of rotatable bonds is 6. The second-order valence-corrected chi connectivity index (χ2v) is 9.50. The molecule has 0 spiro atoms. The van der Waals surface area contributed by atoms with E-state index in [0.29, 0.717) is 23.8 Å². The molecule has 0 radical (unpaired) electrons. The van der Waals surface area contributed by atoms with Crippen molar-refractivity contribution in [2.24, 2.45) is 0 Å². The van der Waals surface area contributed by atoms with E-state index in [-0.39, 0.29) is 10.7 Å². The van der Waals surface area contributed by atoms with Gasteiger partial charge in [-0.1, -0.05) is 42.5 Å². The van der Waals surface area contributed by atoms with Crippen molar-refractivity contribution in [3.63, 3.8) is 0 Å². The maximum Gasteiger partial charge on any atom is 0.270 e. The second-order valence-electron chi connectivity index (χ2n) is 7.58. The first kappa shape index (κ1) is 21.5. The molecular weight excluding hydrogens is 454 g/mol. The molecule has 0 atom stereocenters. The van der Waals surface area contributed by atoms with Crippen LogP contribution in [-0.2, 0) is 16.4 Å². The molecule has 0 amide bonds.